The number of rotatable bonds is 4. The molecular formula is C23H27BrN4O4. The number of benzene rings is 2. The number of nitrogens with one attached hydrogen (secondary N) is 1. The second kappa shape index (κ2) is 8.39. The Labute approximate surface area is 194 Å². The number of ether oxygens (including phenoxy) is 1. The molecule has 9 heteroatoms. The van der Waals surface area contributed by atoms with E-state index in [-0.39, 0.29) is 12.0 Å². The molecule has 0 saturated carbocycles. The van der Waals surface area contributed by atoms with Crippen molar-refractivity contribution in [1.82, 2.24) is 15.0 Å². The van der Waals surface area contributed by atoms with Crippen molar-refractivity contribution >= 4 is 43.8 Å². The fraction of sp³-hybridized carbons (Fsp3) is 0.478. The smallest absolute Gasteiger partial charge is 0.313 e. The Hall–Kier alpha value is -2.04. The maximum atomic E-state index is 12.4. The first-order chi connectivity index (χ1) is 15.4. The maximum absolute atomic E-state index is 12.4. The molecule has 5 rings (SSSR count). The summed E-state index contributed by atoms with van der Waals surface area (Å²) in [4.78, 5) is 20.6. The van der Waals surface area contributed by atoms with Crippen LogP contribution < -0.4 is 5.11 Å². The van der Waals surface area contributed by atoms with Crippen LogP contribution in [0.15, 0.2) is 34.8 Å². The van der Waals surface area contributed by atoms with Crippen LogP contribution in [0.2, 0.25) is 0 Å². The molecule has 2 aliphatic heterocycles. The highest BCUT2D eigenvalue weighted by molar-refractivity contribution is 9.10. The lowest BCUT2D eigenvalue weighted by Crippen LogP contribution is -2.70. The lowest BCUT2D eigenvalue weighted by atomic mass is 9.92. The van der Waals surface area contributed by atoms with E-state index in [0.29, 0.717) is 32.0 Å². The number of hydrogen-bond acceptors (Lipinski definition) is 6. The molecule has 3 atom stereocenters. The summed E-state index contributed by atoms with van der Waals surface area (Å²) >= 11 is 3.51. The van der Waals surface area contributed by atoms with Crippen LogP contribution in [0, 0.1) is 5.92 Å². The van der Waals surface area contributed by atoms with E-state index in [4.69, 9.17) is 9.72 Å². The predicted octanol–water partition coefficient (Wildman–Crippen LogP) is 3.89. The standard InChI is InChI=1S/C23H27BrN4O4/c1-14(15-8-11-32-12-9-15)28(31,23(29)30)27-10-2-3-20(27)22-25-19-7-4-16-13-17(24)5-6-18(16)21(19)26-22/h4-7,13-15,20,31H,2-3,8-12H2,1H3,(H-,25,26,29,30). The molecule has 3 aromatic rings. The molecule has 0 bridgehead atoms. The van der Waals surface area contributed by atoms with Crippen LogP contribution in [-0.2, 0) is 4.74 Å². The summed E-state index contributed by atoms with van der Waals surface area (Å²) in [6.45, 7) is 3.41. The van der Waals surface area contributed by atoms with E-state index in [9.17, 15) is 15.1 Å². The zero-order valence-corrected chi connectivity index (χ0v) is 19.5. The number of aromatic nitrogens is 2. The molecular weight excluding hydrogens is 476 g/mol. The highest BCUT2D eigenvalue weighted by Gasteiger charge is 2.52. The molecule has 2 aliphatic rings. The van der Waals surface area contributed by atoms with Gasteiger partial charge in [-0.1, -0.05) is 32.8 Å². The summed E-state index contributed by atoms with van der Waals surface area (Å²) in [5.41, 5.74) is 1.74. The van der Waals surface area contributed by atoms with Gasteiger partial charge in [0.25, 0.3) is 0 Å². The van der Waals surface area contributed by atoms with E-state index in [1.807, 2.05) is 30.3 Å². The number of amides is 1. The summed E-state index contributed by atoms with van der Waals surface area (Å²) in [6.07, 6.45) is 1.42. The number of H-pyrrole nitrogens is 1. The van der Waals surface area contributed by atoms with Gasteiger partial charge in [-0.3, -0.25) is 0 Å². The molecule has 1 amide bonds. The zero-order chi connectivity index (χ0) is 22.5. The van der Waals surface area contributed by atoms with Crippen LogP contribution >= 0.6 is 15.9 Å². The van der Waals surface area contributed by atoms with Crippen molar-refractivity contribution in [2.45, 2.75) is 44.7 Å². The average molecular weight is 503 g/mol. The van der Waals surface area contributed by atoms with Gasteiger partial charge in [0, 0.05) is 29.0 Å². The first-order valence-electron chi connectivity index (χ1n) is 11.2. The van der Waals surface area contributed by atoms with Gasteiger partial charge in [0.2, 0.25) is 0 Å². The zero-order valence-electron chi connectivity index (χ0n) is 18.0. The van der Waals surface area contributed by atoms with E-state index in [0.717, 1.165) is 45.5 Å². The van der Waals surface area contributed by atoms with Crippen molar-refractivity contribution in [2.75, 3.05) is 19.8 Å². The molecule has 0 radical (unpaired) electrons. The van der Waals surface area contributed by atoms with Crippen molar-refractivity contribution in [3.8, 4) is 0 Å². The number of nitrogens with zero attached hydrogens (tertiary/aromatic N) is 3. The highest BCUT2D eigenvalue weighted by Crippen LogP contribution is 2.39. The number of carbonyl (C=O) groups excluding carboxylic acids is 1. The molecule has 2 aromatic carbocycles. The first-order valence-corrected chi connectivity index (χ1v) is 11.9. The van der Waals surface area contributed by atoms with E-state index >= 15 is 0 Å². The largest absolute Gasteiger partial charge is 0.494 e. The van der Waals surface area contributed by atoms with Crippen molar-refractivity contribution in [3.05, 3.63) is 40.6 Å². The minimum absolute atomic E-state index is 0.0333. The van der Waals surface area contributed by atoms with Crippen LogP contribution in [-0.4, -0.2) is 56.8 Å². The fourth-order valence-electron chi connectivity index (χ4n) is 5.34. The quantitative estimate of drug-likeness (QED) is 0.318. The second-order valence-corrected chi connectivity index (χ2v) is 9.79. The van der Waals surface area contributed by atoms with Crippen molar-refractivity contribution in [2.24, 2.45) is 5.92 Å². The van der Waals surface area contributed by atoms with Gasteiger partial charge in [-0.15, -0.1) is 5.01 Å². The van der Waals surface area contributed by atoms with E-state index < -0.39 is 16.9 Å². The molecule has 2 saturated heterocycles. The summed E-state index contributed by atoms with van der Waals surface area (Å²) < 4.78 is 5.21. The molecule has 0 aliphatic carbocycles. The minimum atomic E-state index is -1.50. The molecule has 2 fully saturated rings. The number of imidazole rings is 1. The number of quaternary nitrogens is 1. The first kappa shape index (κ1) is 21.8. The van der Waals surface area contributed by atoms with Crippen molar-refractivity contribution in [1.29, 1.82) is 0 Å². The Morgan fingerprint density at radius 2 is 2.09 bits per heavy atom. The Morgan fingerprint density at radius 3 is 2.84 bits per heavy atom. The van der Waals surface area contributed by atoms with Crippen LogP contribution in [0.4, 0.5) is 4.79 Å². The maximum Gasteiger partial charge on any atom is 0.313 e. The van der Waals surface area contributed by atoms with Gasteiger partial charge in [0.1, 0.15) is 17.9 Å². The van der Waals surface area contributed by atoms with Gasteiger partial charge in [-0.25, -0.2) is 4.98 Å². The van der Waals surface area contributed by atoms with Crippen LogP contribution in [0.3, 0.4) is 0 Å². The minimum Gasteiger partial charge on any atom is -0.494 e. The topological polar surface area (TPSA) is 102 Å². The third-order valence-electron chi connectivity index (χ3n) is 7.17. The number of fused-ring (bicyclic) bond motifs is 3. The molecule has 32 heavy (non-hydrogen) atoms. The molecule has 0 spiro atoms. The molecule has 3 unspecified atom stereocenters. The highest BCUT2D eigenvalue weighted by atomic mass is 79.9. The number of halogens is 1. The summed E-state index contributed by atoms with van der Waals surface area (Å²) in [5, 5.41) is 27.6. The van der Waals surface area contributed by atoms with Gasteiger partial charge >= 0.3 is 6.09 Å². The van der Waals surface area contributed by atoms with Gasteiger partial charge in [-0.2, -0.15) is 5.21 Å². The Kier molecular flexibility index (Phi) is 5.71. The van der Waals surface area contributed by atoms with Gasteiger partial charge in [0.15, 0.2) is 0 Å². The summed E-state index contributed by atoms with van der Waals surface area (Å²) in [5.74, 6) is 0.704. The van der Waals surface area contributed by atoms with Gasteiger partial charge in [-0.05, 0) is 56.2 Å². The molecule has 8 nitrogen and oxygen atoms in total. The fourth-order valence-corrected chi connectivity index (χ4v) is 5.72. The number of hydroxylamine groups is 2. The third kappa shape index (κ3) is 3.52. The lowest BCUT2D eigenvalue weighted by Gasteiger charge is -2.45. The predicted molar refractivity (Wildman–Crippen MR) is 120 cm³/mol. The van der Waals surface area contributed by atoms with Crippen molar-refractivity contribution in [3.63, 3.8) is 0 Å². The number of hydrogen-bond donors (Lipinski definition) is 2. The Bertz CT molecular complexity index is 1160. The summed E-state index contributed by atoms with van der Waals surface area (Å²) in [7, 11) is 0. The monoisotopic (exact) mass is 502 g/mol. The number of aromatic amines is 1. The molecule has 2 N–H and O–H groups in total. The van der Waals surface area contributed by atoms with Crippen LogP contribution in [0.5, 0.6) is 0 Å². The average Bonchev–Trinajstić information content (AvgIpc) is 3.45. The number of carbonyl (C=O) groups is 1. The van der Waals surface area contributed by atoms with Gasteiger partial charge in [0.05, 0.1) is 17.6 Å². The van der Waals surface area contributed by atoms with Crippen LogP contribution in [0.25, 0.3) is 21.8 Å². The molecule has 3 heterocycles. The van der Waals surface area contributed by atoms with Gasteiger partial charge < -0.3 is 19.6 Å². The lowest BCUT2D eigenvalue weighted by molar-refractivity contribution is -1.16. The van der Waals surface area contributed by atoms with E-state index in [1.54, 1.807) is 11.9 Å². The van der Waals surface area contributed by atoms with E-state index in [2.05, 4.69) is 20.9 Å². The molecule has 1 aromatic heterocycles. The van der Waals surface area contributed by atoms with E-state index in [1.165, 1.54) is 0 Å². The second-order valence-electron chi connectivity index (χ2n) is 8.88. The Balaban J connectivity index is 1.53. The normalized spacial score (nSPS) is 23.5. The van der Waals surface area contributed by atoms with Crippen molar-refractivity contribution < 1.29 is 24.6 Å². The number of carboxylic acid groups (broad SMARTS) is 1. The molecule has 170 valence electrons. The van der Waals surface area contributed by atoms with Crippen LogP contribution in [0.1, 0.15) is 44.5 Å². The Morgan fingerprint density at radius 1 is 1.31 bits per heavy atom. The summed E-state index contributed by atoms with van der Waals surface area (Å²) in [6, 6.07) is 9.19. The SMILES string of the molecule is CC(C1CCOCC1)[N+](O)(C(=O)[O-])N1CCCC1c1nc2c(ccc3cc(Br)ccc32)[nH]1. The third-order valence-corrected chi connectivity index (χ3v) is 7.66.